The molecule has 0 spiro atoms. The van der Waals surface area contributed by atoms with Gasteiger partial charge in [-0.05, 0) is 43.9 Å². The van der Waals surface area contributed by atoms with Gasteiger partial charge in [0, 0.05) is 25.3 Å². The average Bonchev–Trinajstić information content (AvgIpc) is 3.16. The van der Waals surface area contributed by atoms with E-state index in [9.17, 15) is 4.79 Å². The molecule has 1 aromatic heterocycles. The van der Waals surface area contributed by atoms with Gasteiger partial charge in [0.2, 0.25) is 5.95 Å². The van der Waals surface area contributed by atoms with Crippen LogP contribution in [0.3, 0.4) is 0 Å². The first-order valence-corrected chi connectivity index (χ1v) is 8.68. The molecule has 0 bridgehead atoms. The van der Waals surface area contributed by atoms with Gasteiger partial charge in [-0.1, -0.05) is 18.2 Å². The summed E-state index contributed by atoms with van der Waals surface area (Å²) in [6.45, 7) is 4.34. The third kappa shape index (κ3) is 4.26. The van der Waals surface area contributed by atoms with Crippen molar-refractivity contribution in [3.05, 3.63) is 47.3 Å². The molecule has 3 rings (SSSR count). The predicted molar refractivity (Wildman–Crippen MR) is 97.2 cm³/mol. The first kappa shape index (κ1) is 17.2. The Balaban J connectivity index is 1.63. The van der Waals surface area contributed by atoms with E-state index in [1.165, 1.54) is 0 Å². The number of carbonyl (C=O) groups is 1. The summed E-state index contributed by atoms with van der Waals surface area (Å²) in [4.78, 5) is 23.5. The van der Waals surface area contributed by atoms with Gasteiger partial charge in [0.15, 0.2) is 0 Å². The minimum atomic E-state index is -0.166. The molecule has 1 aliphatic rings. The van der Waals surface area contributed by atoms with E-state index in [1.807, 2.05) is 31.2 Å². The van der Waals surface area contributed by atoms with Gasteiger partial charge in [-0.3, -0.25) is 4.79 Å². The molecule has 0 unspecified atom stereocenters. The van der Waals surface area contributed by atoms with Crippen molar-refractivity contribution < 1.29 is 9.53 Å². The minimum absolute atomic E-state index is 0.166. The van der Waals surface area contributed by atoms with Crippen molar-refractivity contribution in [2.45, 2.75) is 26.2 Å². The maximum absolute atomic E-state index is 12.5. The second-order valence-electron chi connectivity index (χ2n) is 6.21. The van der Waals surface area contributed by atoms with Crippen LogP contribution >= 0.6 is 0 Å². The van der Waals surface area contributed by atoms with Crippen LogP contribution in [0.4, 0.5) is 5.95 Å². The topological polar surface area (TPSA) is 67.3 Å². The van der Waals surface area contributed by atoms with E-state index < -0.39 is 0 Å². The zero-order valence-electron chi connectivity index (χ0n) is 14.8. The quantitative estimate of drug-likeness (QED) is 0.874. The van der Waals surface area contributed by atoms with Gasteiger partial charge < -0.3 is 15.0 Å². The summed E-state index contributed by atoms with van der Waals surface area (Å²) in [5, 5.41) is 2.94. The summed E-state index contributed by atoms with van der Waals surface area (Å²) < 4.78 is 5.34. The zero-order valence-corrected chi connectivity index (χ0v) is 14.8. The van der Waals surface area contributed by atoms with Crippen molar-refractivity contribution in [3.8, 4) is 5.75 Å². The van der Waals surface area contributed by atoms with Crippen LogP contribution in [0.25, 0.3) is 0 Å². The number of ether oxygens (including phenoxy) is 1. The smallest absolute Gasteiger partial charge is 0.270 e. The highest BCUT2D eigenvalue weighted by atomic mass is 16.5. The van der Waals surface area contributed by atoms with Gasteiger partial charge in [0.05, 0.1) is 7.11 Å². The van der Waals surface area contributed by atoms with Gasteiger partial charge in [-0.15, -0.1) is 0 Å². The maximum Gasteiger partial charge on any atom is 0.270 e. The van der Waals surface area contributed by atoms with Crippen LogP contribution in [0.1, 0.15) is 34.6 Å². The number of anilines is 1. The van der Waals surface area contributed by atoms with E-state index in [4.69, 9.17) is 4.74 Å². The van der Waals surface area contributed by atoms with Crippen molar-refractivity contribution in [1.29, 1.82) is 0 Å². The van der Waals surface area contributed by atoms with Gasteiger partial charge in [0.25, 0.3) is 5.91 Å². The van der Waals surface area contributed by atoms with Crippen LogP contribution in [0, 0.1) is 6.92 Å². The van der Waals surface area contributed by atoms with Crippen LogP contribution in [0.5, 0.6) is 5.75 Å². The third-order valence-electron chi connectivity index (χ3n) is 4.34. The number of nitrogens with one attached hydrogen (secondary N) is 1. The van der Waals surface area contributed by atoms with Crippen LogP contribution < -0.4 is 15.0 Å². The van der Waals surface area contributed by atoms with Gasteiger partial charge in [-0.2, -0.15) is 0 Å². The summed E-state index contributed by atoms with van der Waals surface area (Å²) >= 11 is 0. The van der Waals surface area contributed by atoms with E-state index in [0.29, 0.717) is 24.6 Å². The number of amides is 1. The molecule has 1 N–H and O–H groups in total. The zero-order chi connectivity index (χ0) is 17.6. The number of rotatable bonds is 6. The Hall–Kier alpha value is -2.63. The number of methoxy groups -OCH3 is 1. The van der Waals surface area contributed by atoms with Gasteiger partial charge >= 0.3 is 0 Å². The molecule has 0 radical (unpaired) electrons. The molecule has 2 aromatic rings. The molecule has 1 aromatic carbocycles. The highest BCUT2D eigenvalue weighted by molar-refractivity contribution is 5.92. The van der Waals surface area contributed by atoms with Crippen molar-refractivity contribution in [2.75, 3.05) is 31.6 Å². The first-order valence-electron chi connectivity index (χ1n) is 8.68. The van der Waals surface area contributed by atoms with E-state index in [1.54, 1.807) is 13.2 Å². The second kappa shape index (κ2) is 7.96. The molecule has 0 atom stereocenters. The van der Waals surface area contributed by atoms with Gasteiger partial charge in [-0.25, -0.2) is 9.97 Å². The number of carbonyl (C=O) groups excluding carboxylic acids is 1. The number of hydrogen-bond acceptors (Lipinski definition) is 5. The molecule has 2 heterocycles. The number of aromatic nitrogens is 2. The third-order valence-corrected chi connectivity index (χ3v) is 4.34. The molecule has 6 nitrogen and oxygen atoms in total. The number of nitrogens with zero attached hydrogens (tertiary/aromatic N) is 3. The molecule has 0 aliphatic carbocycles. The molecule has 1 amide bonds. The fourth-order valence-corrected chi connectivity index (χ4v) is 3.04. The molecule has 1 aliphatic heterocycles. The number of hydrogen-bond donors (Lipinski definition) is 1. The Morgan fingerprint density at radius 2 is 2.00 bits per heavy atom. The monoisotopic (exact) mass is 340 g/mol. The molecule has 132 valence electrons. The molecule has 25 heavy (non-hydrogen) atoms. The summed E-state index contributed by atoms with van der Waals surface area (Å²) in [5.74, 6) is 1.33. The van der Waals surface area contributed by atoms with E-state index in [-0.39, 0.29) is 5.91 Å². The number of aryl methyl sites for hydroxylation is 1. The summed E-state index contributed by atoms with van der Waals surface area (Å²) in [7, 11) is 1.65. The molecule has 6 heteroatoms. The molecule has 1 fully saturated rings. The van der Waals surface area contributed by atoms with Crippen molar-refractivity contribution in [3.63, 3.8) is 0 Å². The Kier molecular flexibility index (Phi) is 5.48. The summed E-state index contributed by atoms with van der Waals surface area (Å²) in [5.41, 5.74) is 2.31. The predicted octanol–water partition coefficient (Wildman–Crippen LogP) is 2.37. The lowest BCUT2D eigenvalue weighted by Crippen LogP contribution is -2.28. The van der Waals surface area contributed by atoms with Crippen LogP contribution in [-0.4, -0.2) is 42.6 Å². The summed E-state index contributed by atoms with van der Waals surface area (Å²) in [6, 6.07) is 9.57. The van der Waals surface area contributed by atoms with E-state index in [2.05, 4.69) is 20.2 Å². The van der Waals surface area contributed by atoms with Crippen LogP contribution in [-0.2, 0) is 6.42 Å². The second-order valence-corrected chi connectivity index (χ2v) is 6.21. The first-order chi connectivity index (χ1) is 12.2. The normalized spacial score (nSPS) is 13.8. The molecular weight excluding hydrogens is 316 g/mol. The SMILES string of the molecule is COc1ccccc1CCNC(=O)c1cc(C)nc(N2CCCC2)n1. The lowest BCUT2D eigenvalue weighted by atomic mass is 10.1. The minimum Gasteiger partial charge on any atom is -0.496 e. The highest BCUT2D eigenvalue weighted by Gasteiger charge is 2.18. The highest BCUT2D eigenvalue weighted by Crippen LogP contribution is 2.18. The lowest BCUT2D eigenvalue weighted by molar-refractivity contribution is 0.0949. The largest absolute Gasteiger partial charge is 0.496 e. The Bertz CT molecular complexity index is 742. The van der Waals surface area contributed by atoms with E-state index >= 15 is 0 Å². The molecular formula is C19H24N4O2. The summed E-state index contributed by atoms with van der Waals surface area (Å²) in [6.07, 6.45) is 3.01. The Morgan fingerprint density at radius 1 is 1.24 bits per heavy atom. The standard InChI is InChI=1S/C19H24N4O2/c1-14-13-16(22-19(21-14)23-11-5-6-12-23)18(24)20-10-9-15-7-3-4-8-17(15)25-2/h3-4,7-8,13H,5-6,9-12H2,1-2H3,(H,20,24). The number of para-hydroxylation sites is 1. The van der Waals surface area contributed by atoms with Crippen LogP contribution in [0.15, 0.2) is 30.3 Å². The fourth-order valence-electron chi connectivity index (χ4n) is 3.04. The number of benzene rings is 1. The van der Waals surface area contributed by atoms with Crippen molar-refractivity contribution in [1.82, 2.24) is 15.3 Å². The molecule has 0 saturated carbocycles. The van der Waals surface area contributed by atoms with Crippen molar-refractivity contribution in [2.24, 2.45) is 0 Å². The van der Waals surface area contributed by atoms with Crippen LogP contribution in [0.2, 0.25) is 0 Å². The fraction of sp³-hybridized carbons (Fsp3) is 0.421. The average molecular weight is 340 g/mol. The van der Waals surface area contributed by atoms with E-state index in [0.717, 1.165) is 42.9 Å². The van der Waals surface area contributed by atoms with Gasteiger partial charge in [0.1, 0.15) is 11.4 Å². The maximum atomic E-state index is 12.5. The molecule has 1 saturated heterocycles. The van der Waals surface area contributed by atoms with Crippen molar-refractivity contribution >= 4 is 11.9 Å². The Labute approximate surface area is 148 Å². The lowest BCUT2D eigenvalue weighted by Gasteiger charge is -2.16. The Morgan fingerprint density at radius 3 is 2.76 bits per heavy atom.